The summed E-state index contributed by atoms with van der Waals surface area (Å²) in [6, 6.07) is 8.87. The van der Waals surface area contributed by atoms with Crippen molar-refractivity contribution in [3.8, 4) is 5.88 Å². The summed E-state index contributed by atoms with van der Waals surface area (Å²) >= 11 is 1.58. The van der Waals surface area contributed by atoms with Gasteiger partial charge in [0.25, 0.3) is 0 Å². The van der Waals surface area contributed by atoms with E-state index in [1.54, 1.807) is 20.8 Å². The molecular weight excluding hydrogens is 358 g/mol. The molecule has 0 unspecified atom stereocenters. The van der Waals surface area contributed by atoms with Crippen molar-refractivity contribution in [3.05, 3.63) is 46.1 Å². The van der Waals surface area contributed by atoms with Crippen LogP contribution in [0.15, 0.2) is 24.3 Å². The molecule has 1 atom stereocenters. The molecule has 1 aliphatic heterocycles. The molecule has 1 saturated heterocycles. The summed E-state index contributed by atoms with van der Waals surface area (Å²) in [5.74, 6) is 1.04. The number of benzene rings is 1. The summed E-state index contributed by atoms with van der Waals surface area (Å²) in [4.78, 5) is 9.52. The van der Waals surface area contributed by atoms with Gasteiger partial charge in [-0.15, -0.1) is 5.10 Å². The molecule has 0 bridgehead atoms. The van der Waals surface area contributed by atoms with Crippen molar-refractivity contribution >= 4 is 16.3 Å². The van der Waals surface area contributed by atoms with Crippen LogP contribution in [0, 0.1) is 6.92 Å². The number of hydrogen-bond acceptors (Lipinski definition) is 4. The average molecular weight is 388 g/mol. The maximum atomic E-state index is 11.0. The SMILES string of the molecule is CCc1nc2sc([C@@H](c3ccc(C)cc3)[NH+]3CC[NH+](CC)CC3)c(O)n2n1. The zero-order chi connectivity index (χ0) is 19.0. The number of quaternary nitrogens is 2. The van der Waals surface area contributed by atoms with Crippen molar-refractivity contribution in [2.75, 3.05) is 32.7 Å². The van der Waals surface area contributed by atoms with Gasteiger partial charge in [-0.2, -0.15) is 4.52 Å². The quantitative estimate of drug-likeness (QED) is 0.589. The Labute approximate surface area is 164 Å². The Hall–Kier alpha value is -1.96. The van der Waals surface area contributed by atoms with Gasteiger partial charge in [0, 0.05) is 12.0 Å². The maximum absolute atomic E-state index is 11.0. The van der Waals surface area contributed by atoms with Gasteiger partial charge in [-0.1, -0.05) is 48.1 Å². The highest BCUT2D eigenvalue weighted by molar-refractivity contribution is 7.17. The second-order valence-corrected chi connectivity index (χ2v) is 8.48. The van der Waals surface area contributed by atoms with Gasteiger partial charge in [0.05, 0.1) is 6.54 Å². The van der Waals surface area contributed by atoms with E-state index in [1.807, 2.05) is 6.92 Å². The van der Waals surface area contributed by atoms with Crippen molar-refractivity contribution in [1.82, 2.24) is 14.6 Å². The van der Waals surface area contributed by atoms with Gasteiger partial charge < -0.3 is 14.9 Å². The van der Waals surface area contributed by atoms with E-state index in [0.717, 1.165) is 35.2 Å². The summed E-state index contributed by atoms with van der Waals surface area (Å²) in [5, 5.41) is 15.4. The molecule has 1 fully saturated rings. The van der Waals surface area contributed by atoms with Crippen LogP contribution in [-0.2, 0) is 6.42 Å². The van der Waals surface area contributed by atoms with Crippen LogP contribution in [0.1, 0.15) is 41.7 Å². The zero-order valence-corrected chi connectivity index (χ0v) is 17.1. The lowest BCUT2D eigenvalue weighted by Gasteiger charge is -2.34. The van der Waals surface area contributed by atoms with E-state index < -0.39 is 0 Å². The van der Waals surface area contributed by atoms with Crippen LogP contribution in [0.5, 0.6) is 5.88 Å². The third kappa shape index (κ3) is 3.47. The molecule has 144 valence electrons. The van der Waals surface area contributed by atoms with Crippen LogP contribution in [0.25, 0.3) is 4.96 Å². The van der Waals surface area contributed by atoms with Gasteiger partial charge in [0.1, 0.15) is 31.1 Å². The number of fused-ring (bicyclic) bond motifs is 1. The molecule has 0 aliphatic carbocycles. The standard InChI is InChI=1S/C20H27N5OS/c1-4-16-21-20-25(22-16)19(26)18(27-20)17(15-8-6-14(3)7-9-15)24-12-10-23(5-2)11-13-24/h6-9,17,26H,4-5,10-13H2,1-3H3/p+2/t17-/m1/s1. The molecule has 2 aromatic heterocycles. The van der Waals surface area contributed by atoms with Crippen LogP contribution in [-0.4, -0.2) is 52.4 Å². The molecule has 27 heavy (non-hydrogen) atoms. The van der Waals surface area contributed by atoms with E-state index in [0.29, 0.717) is 0 Å². The molecule has 1 aliphatic rings. The normalized spacial score (nSPS) is 21.6. The fourth-order valence-corrected chi connectivity index (χ4v) is 5.19. The maximum Gasteiger partial charge on any atom is 0.235 e. The lowest BCUT2D eigenvalue weighted by Crippen LogP contribution is -3.28. The molecule has 0 radical (unpaired) electrons. The van der Waals surface area contributed by atoms with Crippen LogP contribution < -0.4 is 9.80 Å². The van der Waals surface area contributed by atoms with Gasteiger partial charge in [0.15, 0.2) is 11.9 Å². The van der Waals surface area contributed by atoms with Crippen molar-refractivity contribution in [1.29, 1.82) is 0 Å². The number of aromatic hydroxyl groups is 1. The second-order valence-electron chi connectivity index (χ2n) is 7.47. The van der Waals surface area contributed by atoms with Gasteiger partial charge in [-0.05, 0) is 13.8 Å². The monoisotopic (exact) mass is 387 g/mol. The number of nitrogens with one attached hydrogen (secondary N) is 2. The largest absolute Gasteiger partial charge is 0.492 e. The van der Waals surface area contributed by atoms with Gasteiger partial charge in [0.2, 0.25) is 10.8 Å². The second kappa shape index (κ2) is 7.58. The van der Waals surface area contributed by atoms with Crippen molar-refractivity contribution < 1.29 is 14.9 Å². The molecule has 1 aromatic carbocycles. The van der Waals surface area contributed by atoms with Crippen molar-refractivity contribution in [2.24, 2.45) is 0 Å². The first-order chi connectivity index (χ1) is 13.1. The number of aryl methyl sites for hydroxylation is 2. The lowest BCUT2D eigenvalue weighted by atomic mass is 10.0. The Morgan fingerprint density at radius 3 is 2.44 bits per heavy atom. The summed E-state index contributed by atoms with van der Waals surface area (Å²) in [7, 11) is 0. The van der Waals surface area contributed by atoms with Crippen LogP contribution >= 0.6 is 11.3 Å². The fourth-order valence-electron chi connectivity index (χ4n) is 4.03. The minimum atomic E-state index is 0.127. The van der Waals surface area contributed by atoms with Crippen molar-refractivity contribution in [3.63, 3.8) is 0 Å². The minimum Gasteiger partial charge on any atom is -0.492 e. The zero-order valence-electron chi connectivity index (χ0n) is 16.3. The molecule has 0 saturated carbocycles. The van der Waals surface area contributed by atoms with Crippen LogP contribution in [0.2, 0.25) is 0 Å². The van der Waals surface area contributed by atoms with Crippen molar-refractivity contribution in [2.45, 2.75) is 33.2 Å². The number of thiazole rings is 1. The summed E-state index contributed by atoms with van der Waals surface area (Å²) in [6.07, 6.45) is 0.775. The molecule has 3 aromatic rings. The Bertz CT molecular complexity index is 908. The minimum absolute atomic E-state index is 0.127. The highest BCUT2D eigenvalue weighted by Gasteiger charge is 2.35. The van der Waals surface area contributed by atoms with E-state index in [-0.39, 0.29) is 11.9 Å². The Morgan fingerprint density at radius 1 is 1.15 bits per heavy atom. The van der Waals surface area contributed by atoms with E-state index in [4.69, 9.17) is 0 Å². The highest BCUT2D eigenvalue weighted by Crippen LogP contribution is 2.35. The first kappa shape index (κ1) is 18.4. The number of aromatic nitrogens is 3. The molecule has 3 heterocycles. The Kier molecular flexibility index (Phi) is 5.16. The number of nitrogens with zero attached hydrogens (tertiary/aromatic N) is 3. The van der Waals surface area contributed by atoms with Crippen LogP contribution in [0.3, 0.4) is 0 Å². The fraction of sp³-hybridized carbons (Fsp3) is 0.500. The van der Waals surface area contributed by atoms with Gasteiger partial charge >= 0.3 is 0 Å². The molecule has 0 amide bonds. The highest BCUT2D eigenvalue weighted by atomic mass is 32.1. The van der Waals surface area contributed by atoms with E-state index in [9.17, 15) is 5.11 Å². The molecule has 7 heteroatoms. The molecular formula is C20H29N5OS+2. The summed E-state index contributed by atoms with van der Waals surface area (Å²) < 4.78 is 1.62. The third-order valence-electron chi connectivity index (χ3n) is 5.74. The predicted octanol–water partition coefficient (Wildman–Crippen LogP) is 0.260. The smallest absolute Gasteiger partial charge is 0.235 e. The van der Waals surface area contributed by atoms with Crippen LogP contribution in [0.4, 0.5) is 0 Å². The first-order valence-electron chi connectivity index (χ1n) is 9.92. The number of hydrogen-bond donors (Lipinski definition) is 3. The average Bonchev–Trinajstić information content (AvgIpc) is 3.23. The molecule has 3 N–H and O–H groups in total. The number of piperazine rings is 1. The Morgan fingerprint density at radius 2 is 1.85 bits per heavy atom. The van der Waals surface area contributed by atoms with E-state index in [2.05, 4.69) is 48.2 Å². The predicted molar refractivity (Wildman–Crippen MR) is 107 cm³/mol. The Balaban J connectivity index is 1.74. The molecule has 6 nitrogen and oxygen atoms in total. The summed E-state index contributed by atoms with van der Waals surface area (Å²) in [6.45, 7) is 12.2. The molecule has 4 rings (SSSR count). The van der Waals surface area contributed by atoms with E-state index >= 15 is 0 Å². The topological polar surface area (TPSA) is 59.3 Å². The lowest BCUT2D eigenvalue weighted by molar-refractivity contribution is -1.02. The number of likely N-dealkylation sites (N-methyl/N-ethyl adjacent to an activating group) is 1. The summed E-state index contributed by atoms with van der Waals surface area (Å²) in [5.41, 5.74) is 2.51. The third-order valence-corrected chi connectivity index (χ3v) is 6.83. The number of rotatable bonds is 5. The molecule has 0 spiro atoms. The van der Waals surface area contributed by atoms with Gasteiger partial charge in [-0.25, -0.2) is 4.98 Å². The first-order valence-corrected chi connectivity index (χ1v) is 10.7. The van der Waals surface area contributed by atoms with Gasteiger partial charge in [-0.3, -0.25) is 0 Å². The van der Waals surface area contributed by atoms with E-state index in [1.165, 1.54) is 35.7 Å².